The molecule has 4 heteroatoms. The second kappa shape index (κ2) is 4.86. The fourth-order valence-corrected chi connectivity index (χ4v) is 1.71. The van der Waals surface area contributed by atoms with E-state index in [0.29, 0.717) is 0 Å². The molecule has 0 heterocycles. The highest BCUT2D eigenvalue weighted by Crippen LogP contribution is 2.09. The Morgan fingerprint density at radius 1 is 1.62 bits per heavy atom. The van der Waals surface area contributed by atoms with E-state index in [1.807, 2.05) is 13.2 Å². The molecule has 0 fully saturated rings. The summed E-state index contributed by atoms with van der Waals surface area (Å²) in [7, 11) is 1.80. The molecule has 0 aromatic rings. The Morgan fingerprint density at radius 2 is 2.08 bits per heavy atom. The molecule has 0 aliphatic rings. The van der Waals surface area contributed by atoms with Crippen LogP contribution in [0.3, 0.4) is 0 Å². The van der Waals surface area contributed by atoms with E-state index in [2.05, 4.69) is 0 Å². The van der Waals surface area contributed by atoms with Crippen LogP contribution in [-0.2, 0) is 4.79 Å². The number of nitrogens with zero attached hydrogens (tertiary/aromatic N) is 1. The molecule has 0 saturated carbocycles. The SMILES string of the molecule is CSCC(C)N(C)C(=O)C(C)(C)N. The van der Waals surface area contributed by atoms with E-state index in [1.165, 1.54) is 0 Å². The van der Waals surface area contributed by atoms with Gasteiger partial charge in [0.25, 0.3) is 0 Å². The predicted molar refractivity (Wildman–Crippen MR) is 58.9 cm³/mol. The van der Waals surface area contributed by atoms with Crippen LogP contribution < -0.4 is 5.73 Å². The summed E-state index contributed by atoms with van der Waals surface area (Å²) in [5.41, 5.74) is 4.95. The first kappa shape index (κ1) is 12.8. The summed E-state index contributed by atoms with van der Waals surface area (Å²) in [6.45, 7) is 5.50. The molecule has 0 rings (SSSR count). The van der Waals surface area contributed by atoms with Gasteiger partial charge in [0, 0.05) is 18.8 Å². The Kier molecular flexibility index (Phi) is 4.78. The quantitative estimate of drug-likeness (QED) is 0.741. The number of likely N-dealkylation sites (N-methyl/N-ethyl adjacent to an activating group) is 1. The van der Waals surface area contributed by atoms with Gasteiger partial charge in [0.15, 0.2) is 0 Å². The monoisotopic (exact) mass is 204 g/mol. The number of hydrogen-bond donors (Lipinski definition) is 1. The van der Waals surface area contributed by atoms with E-state index in [1.54, 1.807) is 37.6 Å². The third-order valence-electron chi connectivity index (χ3n) is 1.94. The topological polar surface area (TPSA) is 46.3 Å². The van der Waals surface area contributed by atoms with Crippen LogP contribution in [0.1, 0.15) is 20.8 Å². The molecule has 0 aromatic heterocycles. The normalized spacial score (nSPS) is 14.0. The molecule has 78 valence electrons. The smallest absolute Gasteiger partial charge is 0.242 e. The van der Waals surface area contributed by atoms with Gasteiger partial charge in [-0.2, -0.15) is 11.8 Å². The highest BCUT2D eigenvalue weighted by atomic mass is 32.2. The Hall–Kier alpha value is -0.220. The van der Waals surface area contributed by atoms with Gasteiger partial charge in [0.05, 0.1) is 5.54 Å². The van der Waals surface area contributed by atoms with Crippen LogP contribution in [0.2, 0.25) is 0 Å². The van der Waals surface area contributed by atoms with Crippen molar-refractivity contribution in [1.82, 2.24) is 4.90 Å². The molecule has 0 radical (unpaired) electrons. The number of nitrogens with two attached hydrogens (primary N) is 1. The summed E-state index contributed by atoms with van der Waals surface area (Å²) in [6.07, 6.45) is 2.03. The van der Waals surface area contributed by atoms with Crippen LogP contribution in [0.4, 0.5) is 0 Å². The van der Waals surface area contributed by atoms with Gasteiger partial charge in [-0.15, -0.1) is 0 Å². The minimum absolute atomic E-state index is 0.00551. The van der Waals surface area contributed by atoms with Crippen LogP contribution in [0, 0.1) is 0 Å². The zero-order chi connectivity index (χ0) is 10.6. The lowest BCUT2D eigenvalue weighted by molar-refractivity contribution is -0.135. The largest absolute Gasteiger partial charge is 0.341 e. The van der Waals surface area contributed by atoms with Crippen molar-refractivity contribution in [3.63, 3.8) is 0 Å². The second-order valence-electron chi connectivity index (χ2n) is 3.94. The molecule has 0 saturated heterocycles. The highest BCUT2D eigenvalue weighted by Gasteiger charge is 2.27. The molecule has 0 aliphatic carbocycles. The van der Waals surface area contributed by atoms with E-state index < -0.39 is 5.54 Å². The van der Waals surface area contributed by atoms with Gasteiger partial charge in [-0.3, -0.25) is 4.79 Å². The summed E-state index contributed by atoms with van der Waals surface area (Å²) in [4.78, 5) is 13.4. The third kappa shape index (κ3) is 4.00. The summed E-state index contributed by atoms with van der Waals surface area (Å²) >= 11 is 1.73. The Bertz CT molecular complexity index is 177. The van der Waals surface area contributed by atoms with E-state index in [-0.39, 0.29) is 11.9 Å². The Labute approximate surface area is 85.0 Å². The Morgan fingerprint density at radius 3 is 2.38 bits per heavy atom. The van der Waals surface area contributed by atoms with Gasteiger partial charge in [-0.25, -0.2) is 0 Å². The highest BCUT2D eigenvalue weighted by molar-refractivity contribution is 7.98. The molecule has 0 aliphatic heterocycles. The van der Waals surface area contributed by atoms with Gasteiger partial charge < -0.3 is 10.6 Å². The van der Waals surface area contributed by atoms with Crippen molar-refractivity contribution < 1.29 is 4.79 Å². The lowest BCUT2D eigenvalue weighted by atomic mass is 10.1. The number of amides is 1. The first-order chi connectivity index (χ1) is 5.80. The van der Waals surface area contributed by atoms with Gasteiger partial charge in [-0.05, 0) is 27.0 Å². The standard InChI is InChI=1S/C9H20N2OS/c1-7(6-13-5)11(4)8(12)9(2,3)10/h7H,6,10H2,1-5H3. The average Bonchev–Trinajstić information content (AvgIpc) is 2.00. The molecule has 1 atom stereocenters. The fourth-order valence-electron chi connectivity index (χ4n) is 1.01. The maximum absolute atomic E-state index is 11.7. The molecule has 1 amide bonds. The molecule has 1 unspecified atom stereocenters. The van der Waals surface area contributed by atoms with E-state index in [9.17, 15) is 4.79 Å². The molecule has 13 heavy (non-hydrogen) atoms. The van der Waals surface area contributed by atoms with Crippen molar-refractivity contribution in [2.75, 3.05) is 19.1 Å². The number of carbonyl (C=O) groups is 1. The molecule has 3 nitrogen and oxygen atoms in total. The van der Waals surface area contributed by atoms with Crippen molar-refractivity contribution in [1.29, 1.82) is 0 Å². The van der Waals surface area contributed by atoms with Crippen LogP contribution in [0.25, 0.3) is 0 Å². The molecule has 0 spiro atoms. The fraction of sp³-hybridized carbons (Fsp3) is 0.889. The minimum Gasteiger partial charge on any atom is -0.341 e. The zero-order valence-corrected chi connectivity index (χ0v) is 9.94. The van der Waals surface area contributed by atoms with Crippen molar-refractivity contribution in [3.8, 4) is 0 Å². The van der Waals surface area contributed by atoms with Crippen LogP contribution in [0.5, 0.6) is 0 Å². The second-order valence-corrected chi connectivity index (χ2v) is 4.85. The van der Waals surface area contributed by atoms with Gasteiger partial charge in [0.2, 0.25) is 5.91 Å². The lowest BCUT2D eigenvalue weighted by Crippen LogP contribution is -2.52. The van der Waals surface area contributed by atoms with Gasteiger partial charge in [-0.1, -0.05) is 0 Å². The zero-order valence-electron chi connectivity index (χ0n) is 9.13. The average molecular weight is 204 g/mol. The molecule has 2 N–H and O–H groups in total. The van der Waals surface area contributed by atoms with Gasteiger partial charge >= 0.3 is 0 Å². The van der Waals surface area contributed by atoms with Crippen LogP contribution >= 0.6 is 11.8 Å². The Balaban J connectivity index is 4.26. The summed E-state index contributed by atoms with van der Waals surface area (Å²) < 4.78 is 0. The molecule has 0 bridgehead atoms. The summed E-state index contributed by atoms with van der Waals surface area (Å²) in [5.74, 6) is 0.937. The lowest BCUT2D eigenvalue weighted by Gasteiger charge is -2.30. The van der Waals surface area contributed by atoms with Crippen molar-refractivity contribution in [2.45, 2.75) is 32.4 Å². The predicted octanol–water partition coefficient (Wildman–Crippen LogP) is 0.934. The van der Waals surface area contributed by atoms with Crippen LogP contribution in [-0.4, -0.2) is 41.4 Å². The first-order valence-corrected chi connectivity index (χ1v) is 5.75. The van der Waals surface area contributed by atoms with Crippen molar-refractivity contribution >= 4 is 17.7 Å². The third-order valence-corrected chi connectivity index (χ3v) is 2.76. The van der Waals surface area contributed by atoms with E-state index in [0.717, 1.165) is 5.75 Å². The number of thioether (sulfide) groups is 1. The van der Waals surface area contributed by atoms with Crippen molar-refractivity contribution in [3.05, 3.63) is 0 Å². The van der Waals surface area contributed by atoms with E-state index >= 15 is 0 Å². The summed E-state index contributed by atoms with van der Waals surface area (Å²) in [6, 6.07) is 0.241. The molecular weight excluding hydrogens is 184 g/mol. The molecular formula is C9H20N2OS. The van der Waals surface area contributed by atoms with Crippen LogP contribution in [0.15, 0.2) is 0 Å². The van der Waals surface area contributed by atoms with Crippen molar-refractivity contribution in [2.24, 2.45) is 5.73 Å². The minimum atomic E-state index is -0.762. The number of rotatable bonds is 4. The maximum atomic E-state index is 11.7. The maximum Gasteiger partial charge on any atom is 0.242 e. The summed E-state index contributed by atoms with van der Waals surface area (Å²) in [5, 5.41) is 0. The number of carbonyl (C=O) groups excluding carboxylic acids is 1. The first-order valence-electron chi connectivity index (χ1n) is 4.35. The van der Waals surface area contributed by atoms with E-state index in [4.69, 9.17) is 5.73 Å². The number of hydrogen-bond acceptors (Lipinski definition) is 3. The van der Waals surface area contributed by atoms with Gasteiger partial charge in [0.1, 0.15) is 0 Å². The molecule has 0 aromatic carbocycles.